The van der Waals surface area contributed by atoms with Gasteiger partial charge in [-0.2, -0.15) is 10.1 Å². The molecule has 1 unspecified atom stereocenters. The van der Waals surface area contributed by atoms with Gasteiger partial charge in [0.15, 0.2) is 11.2 Å². The van der Waals surface area contributed by atoms with Crippen molar-refractivity contribution in [2.45, 2.75) is 26.0 Å². The number of aliphatic hydroxyl groups is 1. The molecular weight excluding hydrogens is 450 g/mol. The third kappa shape index (κ3) is 5.14. The van der Waals surface area contributed by atoms with Crippen molar-refractivity contribution in [1.82, 2.24) is 23.7 Å². The van der Waals surface area contributed by atoms with Crippen LogP contribution in [0.5, 0.6) is 5.75 Å². The third-order valence-electron chi connectivity index (χ3n) is 5.55. The second-order valence-corrected chi connectivity index (χ2v) is 8.05. The Labute approximate surface area is 201 Å². The van der Waals surface area contributed by atoms with Crippen molar-refractivity contribution in [3.05, 3.63) is 80.8 Å². The lowest BCUT2D eigenvalue weighted by Gasteiger charge is -2.15. The minimum Gasteiger partial charge on any atom is -0.491 e. The molecule has 0 spiro atoms. The number of nitrogens with one attached hydrogen (secondary N) is 1. The summed E-state index contributed by atoms with van der Waals surface area (Å²) in [5, 5.41) is 14.9. The Balaban J connectivity index is 1.64. The number of imidazole rings is 1. The number of fused-ring (bicyclic) bond motifs is 1. The fraction of sp³-hybridized carbons (Fsp3) is 0.292. The smallest absolute Gasteiger partial charge is 0.332 e. The number of hydrogen-bond acceptors (Lipinski definition) is 8. The Hall–Kier alpha value is -4.25. The number of anilines is 1. The highest BCUT2D eigenvalue weighted by molar-refractivity contribution is 5.80. The average molecular weight is 478 g/mol. The lowest BCUT2D eigenvalue weighted by atomic mass is 10.2. The highest BCUT2D eigenvalue weighted by atomic mass is 16.5. The molecule has 0 fully saturated rings. The van der Waals surface area contributed by atoms with Gasteiger partial charge in [0.05, 0.1) is 12.8 Å². The summed E-state index contributed by atoms with van der Waals surface area (Å²) in [7, 11) is 2.93. The van der Waals surface area contributed by atoms with Crippen LogP contribution in [0.2, 0.25) is 0 Å². The van der Waals surface area contributed by atoms with Crippen molar-refractivity contribution < 1.29 is 9.84 Å². The van der Waals surface area contributed by atoms with E-state index in [0.29, 0.717) is 5.75 Å². The van der Waals surface area contributed by atoms with Crippen LogP contribution in [0.15, 0.2) is 63.5 Å². The third-order valence-corrected chi connectivity index (χ3v) is 5.55. The van der Waals surface area contributed by atoms with Crippen LogP contribution in [-0.4, -0.2) is 47.7 Å². The van der Waals surface area contributed by atoms with Gasteiger partial charge >= 0.3 is 5.69 Å². The minimum atomic E-state index is -0.970. The molecule has 182 valence electrons. The van der Waals surface area contributed by atoms with Gasteiger partial charge in [0.25, 0.3) is 5.56 Å². The fourth-order valence-corrected chi connectivity index (χ4v) is 3.64. The van der Waals surface area contributed by atoms with Gasteiger partial charge in [0.1, 0.15) is 18.5 Å². The lowest BCUT2D eigenvalue weighted by Crippen LogP contribution is -2.38. The van der Waals surface area contributed by atoms with Crippen LogP contribution in [-0.2, 0) is 27.1 Å². The zero-order chi connectivity index (χ0) is 24.9. The minimum absolute atomic E-state index is 0.00267. The SMILES string of the molecule is CCc1cccc(OCC(O)Cn2c(N/N=C\c3cccnc3)nc3c2c(=O)n(C)c(=O)n3C)c1. The molecule has 11 nitrogen and oxygen atoms in total. The van der Waals surface area contributed by atoms with Crippen molar-refractivity contribution in [2.75, 3.05) is 12.0 Å². The molecule has 4 rings (SSSR count). The zero-order valence-electron chi connectivity index (χ0n) is 19.8. The summed E-state index contributed by atoms with van der Waals surface area (Å²) in [6.07, 6.45) is 4.75. The maximum absolute atomic E-state index is 13.0. The van der Waals surface area contributed by atoms with Gasteiger partial charge in [-0.05, 0) is 30.2 Å². The molecule has 0 bridgehead atoms. The number of benzene rings is 1. The number of rotatable bonds is 9. The van der Waals surface area contributed by atoms with E-state index in [1.165, 1.54) is 23.2 Å². The van der Waals surface area contributed by atoms with E-state index in [9.17, 15) is 14.7 Å². The van der Waals surface area contributed by atoms with Crippen LogP contribution in [0, 0.1) is 0 Å². The van der Waals surface area contributed by atoms with E-state index in [0.717, 1.165) is 22.1 Å². The van der Waals surface area contributed by atoms with Crippen molar-refractivity contribution in [2.24, 2.45) is 19.2 Å². The van der Waals surface area contributed by atoms with Gasteiger partial charge in [-0.1, -0.05) is 25.1 Å². The molecule has 11 heteroatoms. The van der Waals surface area contributed by atoms with Gasteiger partial charge < -0.3 is 14.4 Å². The number of nitrogens with zero attached hydrogens (tertiary/aromatic N) is 6. The molecule has 0 saturated heterocycles. The molecule has 4 aromatic rings. The van der Waals surface area contributed by atoms with E-state index >= 15 is 0 Å². The van der Waals surface area contributed by atoms with Crippen LogP contribution >= 0.6 is 0 Å². The molecule has 0 amide bonds. The first kappa shape index (κ1) is 23.9. The summed E-state index contributed by atoms with van der Waals surface area (Å²) in [4.78, 5) is 33.8. The summed E-state index contributed by atoms with van der Waals surface area (Å²) in [6, 6.07) is 11.3. The molecule has 0 saturated carbocycles. The largest absolute Gasteiger partial charge is 0.491 e. The van der Waals surface area contributed by atoms with Crippen LogP contribution < -0.4 is 21.4 Å². The number of hydrogen-bond donors (Lipinski definition) is 2. The Morgan fingerprint density at radius 2 is 2.03 bits per heavy atom. The lowest BCUT2D eigenvalue weighted by molar-refractivity contribution is 0.0938. The van der Waals surface area contributed by atoms with Gasteiger partial charge in [0, 0.05) is 32.1 Å². The molecule has 0 radical (unpaired) electrons. The number of aryl methyl sites for hydroxylation is 2. The molecule has 1 atom stereocenters. The van der Waals surface area contributed by atoms with Crippen molar-refractivity contribution >= 4 is 23.3 Å². The standard InChI is InChI=1S/C24H27N7O4/c1-4-16-7-5-9-19(11-16)35-15-18(32)14-31-20-21(29(2)24(34)30(3)22(20)33)27-23(31)28-26-13-17-8-6-10-25-12-17/h5-13,18,32H,4,14-15H2,1-3H3,(H,27,28)/b26-13-. The van der Waals surface area contributed by atoms with E-state index in [1.54, 1.807) is 24.7 Å². The van der Waals surface area contributed by atoms with Crippen molar-refractivity contribution in [1.29, 1.82) is 0 Å². The van der Waals surface area contributed by atoms with Gasteiger partial charge in [0.2, 0.25) is 5.95 Å². The molecule has 3 aromatic heterocycles. The summed E-state index contributed by atoms with van der Waals surface area (Å²) < 4.78 is 9.56. The predicted molar refractivity (Wildman–Crippen MR) is 133 cm³/mol. The normalized spacial score (nSPS) is 12.3. The highest BCUT2D eigenvalue weighted by Gasteiger charge is 2.21. The molecule has 1 aromatic carbocycles. The van der Waals surface area contributed by atoms with Crippen LogP contribution in [0.1, 0.15) is 18.1 Å². The van der Waals surface area contributed by atoms with E-state index < -0.39 is 17.4 Å². The second-order valence-electron chi connectivity index (χ2n) is 8.05. The number of aliphatic hydroxyl groups excluding tert-OH is 1. The van der Waals surface area contributed by atoms with E-state index in [-0.39, 0.29) is 30.3 Å². The monoisotopic (exact) mass is 477 g/mol. The Morgan fingerprint density at radius 3 is 2.77 bits per heavy atom. The second kappa shape index (κ2) is 10.3. The van der Waals surface area contributed by atoms with Crippen LogP contribution in [0.4, 0.5) is 5.95 Å². The number of ether oxygens (including phenoxy) is 1. The van der Waals surface area contributed by atoms with Gasteiger partial charge in [-0.25, -0.2) is 10.2 Å². The molecule has 3 heterocycles. The number of hydrazone groups is 1. The molecular formula is C24H27N7O4. The van der Waals surface area contributed by atoms with Gasteiger partial charge in [-0.3, -0.25) is 18.9 Å². The summed E-state index contributed by atoms with van der Waals surface area (Å²) in [5.74, 6) is 0.849. The zero-order valence-corrected chi connectivity index (χ0v) is 19.8. The first-order chi connectivity index (χ1) is 16.9. The Morgan fingerprint density at radius 1 is 1.20 bits per heavy atom. The maximum Gasteiger partial charge on any atom is 0.332 e. The first-order valence-corrected chi connectivity index (χ1v) is 11.1. The first-order valence-electron chi connectivity index (χ1n) is 11.1. The van der Waals surface area contributed by atoms with Crippen molar-refractivity contribution in [3.63, 3.8) is 0 Å². The van der Waals surface area contributed by atoms with E-state index in [1.807, 2.05) is 30.3 Å². The summed E-state index contributed by atoms with van der Waals surface area (Å²) in [5.41, 5.74) is 4.02. The quantitative estimate of drug-likeness (QED) is 0.274. The number of aromatic nitrogens is 5. The topological polar surface area (TPSA) is 129 Å². The number of pyridine rings is 1. The maximum atomic E-state index is 13.0. The molecule has 35 heavy (non-hydrogen) atoms. The van der Waals surface area contributed by atoms with E-state index in [2.05, 4.69) is 27.4 Å². The molecule has 0 aliphatic carbocycles. The van der Waals surface area contributed by atoms with Crippen LogP contribution in [0.3, 0.4) is 0 Å². The highest BCUT2D eigenvalue weighted by Crippen LogP contribution is 2.18. The molecule has 2 N–H and O–H groups in total. The van der Waals surface area contributed by atoms with E-state index in [4.69, 9.17) is 4.74 Å². The van der Waals surface area contributed by atoms with Crippen molar-refractivity contribution in [3.8, 4) is 5.75 Å². The van der Waals surface area contributed by atoms with Gasteiger partial charge in [-0.15, -0.1) is 0 Å². The Bertz CT molecular complexity index is 1470. The fourth-order valence-electron chi connectivity index (χ4n) is 3.64. The predicted octanol–water partition coefficient (Wildman–Crippen LogP) is 1.28. The molecule has 0 aliphatic heterocycles. The Kier molecular flexibility index (Phi) is 7.06. The molecule has 0 aliphatic rings. The average Bonchev–Trinajstić information content (AvgIpc) is 3.23. The summed E-state index contributed by atoms with van der Waals surface area (Å²) >= 11 is 0. The summed E-state index contributed by atoms with van der Waals surface area (Å²) in [6.45, 7) is 2.04. The van der Waals surface area contributed by atoms with Crippen LogP contribution in [0.25, 0.3) is 11.2 Å².